The zero-order valence-corrected chi connectivity index (χ0v) is 23.4. The molecule has 1 aliphatic carbocycles. The van der Waals surface area contributed by atoms with Crippen molar-refractivity contribution in [3.63, 3.8) is 0 Å². The lowest BCUT2D eigenvalue weighted by Gasteiger charge is -2.32. The molecule has 38 heavy (non-hydrogen) atoms. The molecule has 2 aliphatic rings. The van der Waals surface area contributed by atoms with Crippen LogP contribution in [0.2, 0.25) is 0 Å². The molecule has 1 unspecified atom stereocenters. The van der Waals surface area contributed by atoms with Gasteiger partial charge >= 0.3 is 0 Å². The van der Waals surface area contributed by atoms with E-state index >= 15 is 0 Å². The number of rotatable bonds is 8. The third-order valence-corrected chi connectivity index (χ3v) is 7.77. The van der Waals surface area contributed by atoms with Crippen molar-refractivity contribution in [2.45, 2.75) is 40.5 Å². The van der Waals surface area contributed by atoms with Crippen molar-refractivity contribution in [3.8, 4) is 11.1 Å². The number of nitrogens with zero attached hydrogens (tertiary/aromatic N) is 5. The summed E-state index contributed by atoms with van der Waals surface area (Å²) in [5, 5.41) is 12.4. The second kappa shape index (κ2) is 11.6. The second-order valence-corrected chi connectivity index (χ2v) is 10.9. The minimum absolute atomic E-state index is 0.291. The van der Waals surface area contributed by atoms with Crippen LogP contribution in [-0.4, -0.2) is 71.4 Å². The molecule has 1 aromatic heterocycles. The maximum absolute atomic E-state index is 6.11. The molecule has 0 saturated carbocycles. The first-order valence-corrected chi connectivity index (χ1v) is 13.8. The average Bonchev–Trinajstić information content (AvgIpc) is 2.89. The molecule has 0 bridgehead atoms. The Morgan fingerprint density at radius 1 is 0.974 bits per heavy atom. The number of piperazine rings is 1. The number of fused-ring (bicyclic) bond motifs is 1. The Morgan fingerprint density at radius 3 is 2.47 bits per heavy atom. The van der Waals surface area contributed by atoms with Crippen molar-refractivity contribution >= 4 is 17.0 Å². The Balaban J connectivity index is 1.22. The lowest BCUT2D eigenvalue weighted by molar-refractivity contribution is 0.131. The highest BCUT2D eigenvalue weighted by Crippen LogP contribution is 2.31. The lowest BCUT2D eigenvalue weighted by Crippen LogP contribution is -2.44. The van der Waals surface area contributed by atoms with E-state index in [-0.39, 0.29) is 0 Å². The highest BCUT2D eigenvalue weighted by atomic mass is 16.5. The summed E-state index contributed by atoms with van der Waals surface area (Å²) >= 11 is 0. The number of anilines is 1. The highest BCUT2D eigenvalue weighted by molar-refractivity contribution is 5.86. The molecule has 0 radical (unpaired) electrons. The average molecular weight is 513 g/mol. The van der Waals surface area contributed by atoms with E-state index in [1.165, 1.54) is 16.7 Å². The molecule has 2 aromatic carbocycles. The van der Waals surface area contributed by atoms with Crippen LogP contribution in [0.15, 0.2) is 53.9 Å². The van der Waals surface area contributed by atoms with Gasteiger partial charge in [-0.2, -0.15) is 0 Å². The first-order chi connectivity index (χ1) is 18.4. The molecule has 1 N–H and O–H groups in total. The van der Waals surface area contributed by atoms with Crippen molar-refractivity contribution < 1.29 is 4.74 Å². The summed E-state index contributed by atoms with van der Waals surface area (Å²) in [4.78, 5) is 9.75. The Hall–Kier alpha value is -3.29. The normalized spacial score (nSPS) is 18.8. The maximum Gasteiger partial charge on any atom is 0.247 e. The van der Waals surface area contributed by atoms with Crippen molar-refractivity contribution in [1.82, 2.24) is 25.0 Å². The molecule has 1 aliphatic heterocycles. The van der Waals surface area contributed by atoms with Crippen LogP contribution in [0.3, 0.4) is 0 Å². The standard InChI is InChI=1S/C31H40N6O/c1-21-8-6-9-22(2)29(21)25-18-24(4)30-28(20-25)34-35-31(33-30)32-27-11-10-26(19-23(27)3)38-17-7-12-37-15-13-36(5)14-16-37/h6,8-11,18,20,23H,7,12-17,19H2,1-5H3,(H,32,33,35). The first kappa shape index (κ1) is 26.3. The number of hydrogen-bond donors (Lipinski definition) is 1. The van der Waals surface area contributed by atoms with Crippen LogP contribution in [0.1, 0.15) is 36.5 Å². The molecular weight excluding hydrogens is 472 g/mol. The Kier molecular flexibility index (Phi) is 8.05. The number of nitrogens with one attached hydrogen (secondary N) is 1. The number of aryl methyl sites for hydroxylation is 3. The molecule has 5 rings (SSSR count). The van der Waals surface area contributed by atoms with Crippen LogP contribution < -0.4 is 5.32 Å². The topological polar surface area (TPSA) is 66.4 Å². The maximum atomic E-state index is 6.11. The molecule has 7 nitrogen and oxygen atoms in total. The van der Waals surface area contributed by atoms with E-state index in [1.807, 2.05) is 0 Å². The van der Waals surface area contributed by atoms with Gasteiger partial charge in [0.15, 0.2) is 0 Å². The molecule has 1 fully saturated rings. The molecule has 1 atom stereocenters. The van der Waals surface area contributed by atoms with Crippen LogP contribution in [0.4, 0.5) is 5.95 Å². The van der Waals surface area contributed by atoms with Gasteiger partial charge in [0.2, 0.25) is 5.95 Å². The Morgan fingerprint density at radius 2 is 1.74 bits per heavy atom. The summed E-state index contributed by atoms with van der Waals surface area (Å²) in [6.07, 6.45) is 6.10. The fraction of sp³-hybridized carbons (Fsp3) is 0.452. The zero-order valence-electron chi connectivity index (χ0n) is 23.4. The van der Waals surface area contributed by atoms with E-state index in [9.17, 15) is 0 Å². The third kappa shape index (κ3) is 6.05. The summed E-state index contributed by atoms with van der Waals surface area (Å²) in [5.74, 6) is 1.87. The van der Waals surface area contributed by atoms with Gasteiger partial charge in [0.25, 0.3) is 0 Å². The molecule has 7 heteroatoms. The molecule has 0 amide bonds. The SMILES string of the molecule is Cc1cccc(C)c1-c1cc(C)c2nc(NC3=CC=C(OCCCN4CCN(C)CC4)CC3C)nnc2c1. The quantitative estimate of drug-likeness (QED) is 0.400. The summed E-state index contributed by atoms with van der Waals surface area (Å²) < 4.78 is 6.11. The monoisotopic (exact) mass is 512 g/mol. The van der Waals surface area contributed by atoms with Crippen molar-refractivity contribution in [2.24, 2.45) is 5.92 Å². The van der Waals surface area contributed by atoms with Gasteiger partial charge in [0.1, 0.15) is 5.52 Å². The van der Waals surface area contributed by atoms with Crippen LogP contribution in [0, 0.1) is 26.7 Å². The first-order valence-electron chi connectivity index (χ1n) is 13.8. The Labute approximate surface area is 226 Å². The van der Waals surface area contributed by atoms with Gasteiger partial charge in [-0.1, -0.05) is 25.1 Å². The van der Waals surface area contributed by atoms with Crippen molar-refractivity contribution in [2.75, 3.05) is 51.7 Å². The summed E-state index contributed by atoms with van der Waals surface area (Å²) in [7, 11) is 2.19. The molecule has 1 saturated heterocycles. The second-order valence-electron chi connectivity index (χ2n) is 10.9. The van der Waals surface area contributed by atoms with Crippen molar-refractivity contribution in [3.05, 3.63) is 70.6 Å². The third-order valence-electron chi connectivity index (χ3n) is 7.77. The number of likely N-dealkylation sites (N-methyl/N-ethyl adjacent to an activating group) is 1. The van der Waals surface area contributed by atoms with Crippen molar-refractivity contribution in [1.29, 1.82) is 0 Å². The highest BCUT2D eigenvalue weighted by Gasteiger charge is 2.19. The predicted molar refractivity (Wildman–Crippen MR) is 155 cm³/mol. The minimum Gasteiger partial charge on any atom is -0.498 e. The van der Waals surface area contributed by atoms with Gasteiger partial charge in [-0.25, -0.2) is 4.98 Å². The number of benzene rings is 2. The van der Waals surface area contributed by atoms with E-state index in [1.54, 1.807) is 0 Å². The van der Waals surface area contributed by atoms with Gasteiger partial charge in [0, 0.05) is 50.8 Å². The molecule has 3 aromatic rings. The van der Waals surface area contributed by atoms with Crippen LogP contribution >= 0.6 is 0 Å². The van der Waals surface area contributed by atoms with Gasteiger partial charge in [0.05, 0.1) is 17.9 Å². The fourth-order valence-corrected chi connectivity index (χ4v) is 5.47. The van der Waals surface area contributed by atoms with Gasteiger partial charge in [-0.15, -0.1) is 10.2 Å². The zero-order chi connectivity index (χ0) is 26.6. The van der Waals surface area contributed by atoms with Gasteiger partial charge < -0.3 is 19.9 Å². The van der Waals surface area contributed by atoms with E-state index in [0.717, 1.165) is 85.8 Å². The number of ether oxygens (including phenoxy) is 1. The molecule has 2 heterocycles. The van der Waals surface area contributed by atoms with Crippen LogP contribution in [0.25, 0.3) is 22.2 Å². The Bertz CT molecular complexity index is 1340. The summed E-state index contributed by atoms with van der Waals surface area (Å²) in [6, 6.07) is 10.7. The van der Waals surface area contributed by atoms with Gasteiger partial charge in [-0.05, 0) is 86.3 Å². The largest absolute Gasteiger partial charge is 0.498 e. The van der Waals surface area contributed by atoms with E-state index in [2.05, 4.69) is 103 Å². The summed E-state index contributed by atoms with van der Waals surface area (Å²) in [6.45, 7) is 15.1. The molecule has 200 valence electrons. The summed E-state index contributed by atoms with van der Waals surface area (Å²) in [5.41, 5.74) is 8.79. The number of aromatic nitrogens is 3. The molecule has 0 spiro atoms. The van der Waals surface area contributed by atoms with Crippen LogP contribution in [0.5, 0.6) is 0 Å². The fourth-order valence-electron chi connectivity index (χ4n) is 5.47. The van der Waals surface area contributed by atoms with Gasteiger partial charge in [-0.3, -0.25) is 0 Å². The van der Waals surface area contributed by atoms with E-state index < -0.39 is 0 Å². The minimum atomic E-state index is 0.291. The van der Waals surface area contributed by atoms with Crippen LogP contribution in [-0.2, 0) is 4.74 Å². The smallest absolute Gasteiger partial charge is 0.247 e. The number of hydrogen-bond acceptors (Lipinski definition) is 7. The lowest BCUT2D eigenvalue weighted by atomic mass is 9.94. The number of allylic oxidation sites excluding steroid dienone is 4. The van der Waals surface area contributed by atoms with E-state index in [4.69, 9.17) is 9.72 Å². The molecular formula is C31H40N6O. The predicted octanol–water partition coefficient (Wildman–Crippen LogP) is 5.49. The van der Waals surface area contributed by atoms with E-state index in [0.29, 0.717) is 11.9 Å².